The Morgan fingerprint density at radius 3 is 2.78 bits per heavy atom. The molecule has 9 nitrogen and oxygen atoms in total. The van der Waals surface area contributed by atoms with E-state index in [2.05, 4.69) is 10.3 Å². The maximum Gasteiger partial charge on any atom is 0.276 e. The minimum Gasteiger partial charge on any atom is -0.378 e. The van der Waals surface area contributed by atoms with Gasteiger partial charge in [-0.15, -0.1) is 5.10 Å². The highest BCUT2D eigenvalue weighted by Crippen LogP contribution is 2.19. The van der Waals surface area contributed by atoms with Crippen LogP contribution >= 0.6 is 0 Å². The van der Waals surface area contributed by atoms with E-state index in [0.717, 1.165) is 0 Å². The van der Waals surface area contributed by atoms with Crippen molar-refractivity contribution in [3.63, 3.8) is 0 Å². The van der Waals surface area contributed by atoms with Gasteiger partial charge in [-0.25, -0.2) is 4.68 Å². The van der Waals surface area contributed by atoms with E-state index in [1.165, 1.54) is 16.8 Å². The molecule has 1 aromatic carbocycles. The van der Waals surface area contributed by atoms with Gasteiger partial charge < -0.3 is 9.64 Å². The number of nitro benzene ring substituents is 1. The van der Waals surface area contributed by atoms with Crippen LogP contribution in [0.5, 0.6) is 0 Å². The molecule has 1 aliphatic heterocycles. The molecule has 1 amide bonds. The standard InChI is InChI=1S/C14H15N5O4/c1-10-13(14(20)17-5-7-23-8-6-17)15-16-18(10)11-3-2-4-12(9-11)19(21)22/h2-4,9H,5-8H2,1H3. The predicted molar refractivity (Wildman–Crippen MR) is 79.5 cm³/mol. The normalized spacial score (nSPS) is 14.7. The molecule has 0 radical (unpaired) electrons. The van der Waals surface area contributed by atoms with Gasteiger partial charge in [-0.3, -0.25) is 14.9 Å². The van der Waals surface area contributed by atoms with Crippen molar-refractivity contribution in [2.75, 3.05) is 26.3 Å². The Hall–Kier alpha value is -2.81. The van der Waals surface area contributed by atoms with Crippen molar-refractivity contribution in [3.05, 3.63) is 45.8 Å². The van der Waals surface area contributed by atoms with E-state index in [1.54, 1.807) is 24.0 Å². The fourth-order valence-electron chi connectivity index (χ4n) is 2.43. The zero-order valence-electron chi connectivity index (χ0n) is 12.5. The summed E-state index contributed by atoms with van der Waals surface area (Å²) in [5.41, 5.74) is 1.24. The van der Waals surface area contributed by atoms with E-state index in [0.29, 0.717) is 37.7 Å². The van der Waals surface area contributed by atoms with Crippen molar-refractivity contribution in [2.24, 2.45) is 0 Å². The van der Waals surface area contributed by atoms with Gasteiger partial charge in [-0.2, -0.15) is 0 Å². The lowest BCUT2D eigenvalue weighted by Gasteiger charge is -2.26. The molecule has 1 aromatic heterocycles. The number of aromatic nitrogens is 3. The SMILES string of the molecule is Cc1c(C(=O)N2CCOCC2)nnn1-c1cccc([N+](=O)[O-])c1. The Labute approximate surface area is 131 Å². The zero-order chi connectivity index (χ0) is 16.4. The summed E-state index contributed by atoms with van der Waals surface area (Å²) in [6, 6.07) is 6.04. The molecule has 0 aliphatic carbocycles. The highest BCUT2D eigenvalue weighted by Gasteiger charge is 2.24. The van der Waals surface area contributed by atoms with Gasteiger partial charge in [0.1, 0.15) is 0 Å². The van der Waals surface area contributed by atoms with Gasteiger partial charge in [0.05, 0.1) is 29.5 Å². The van der Waals surface area contributed by atoms with Crippen LogP contribution in [0.15, 0.2) is 24.3 Å². The smallest absolute Gasteiger partial charge is 0.276 e. The number of nitro groups is 1. The van der Waals surface area contributed by atoms with E-state index >= 15 is 0 Å². The molecule has 0 N–H and O–H groups in total. The molecule has 120 valence electrons. The fraction of sp³-hybridized carbons (Fsp3) is 0.357. The highest BCUT2D eigenvalue weighted by atomic mass is 16.6. The first-order chi connectivity index (χ1) is 11.1. The van der Waals surface area contributed by atoms with Gasteiger partial charge in [0.15, 0.2) is 5.69 Å². The number of amides is 1. The molecule has 0 spiro atoms. The number of morpholine rings is 1. The highest BCUT2D eigenvalue weighted by molar-refractivity contribution is 5.93. The molecule has 0 saturated carbocycles. The van der Waals surface area contributed by atoms with Crippen molar-refractivity contribution >= 4 is 11.6 Å². The minimum absolute atomic E-state index is 0.0431. The summed E-state index contributed by atoms with van der Waals surface area (Å²) in [4.78, 5) is 24.6. The number of hydrogen-bond acceptors (Lipinski definition) is 6. The van der Waals surface area contributed by atoms with Gasteiger partial charge in [-0.1, -0.05) is 11.3 Å². The fourth-order valence-corrected chi connectivity index (χ4v) is 2.43. The van der Waals surface area contributed by atoms with Crippen molar-refractivity contribution in [2.45, 2.75) is 6.92 Å². The first-order valence-electron chi connectivity index (χ1n) is 7.12. The average molecular weight is 317 g/mol. The molecular formula is C14H15N5O4. The number of benzene rings is 1. The molecular weight excluding hydrogens is 302 g/mol. The molecule has 23 heavy (non-hydrogen) atoms. The number of carbonyl (C=O) groups excluding carboxylic acids is 1. The molecule has 0 atom stereocenters. The van der Waals surface area contributed by atoms with Gasteiger partial charge in [0.2, 0.25) is 0 Å². The number of ether oxygens (including phenoxy) is 1. The molecule has 1 saturated heterocycles. The summed E-state index contributed by atoms with van der Waals surface area (Å²) < 4.78 is 6.66. The third-order valence-electron chi connectivity index (χ3n) is 3.68. The van der Waals surface area contributed by atoms with E-state index in [-0.39, 0.29) is 17.3 Å². The van der Waals surface area contributed by atoms with Crippen LogP contribution in [0.2, 0.25) is 0 Å². The zero-order valence-corrected chi connectivity index (χ0v) is 12.5. The third-order valence-corrected chi connectivity index (χ3v) is 3.68. The maximum absolute atomic E-state index is 12.5. The second-order valence-corrected chi connectivity index (χ2v) is 5.12. The Kier molecular flexibility index (Phi) is 4.02. The van der Waals surface area contributed by atoms with Crippen molar-refractivity contribution in [1.82, 2.24) is 19.9 Å². The molecule has 3 rings (SSSR count). The van der Waals surface area contributed by atoms with E-state index in [9.17, 15) is 14.9 Å². The first-order valence-corrected chi connectivity index (χ1v) is 7.12. The predicted octanol–water partition coefficient (Wildman–Crippen LogP) is 0.956. The number of hydrogen-bond donors (Lipinski definition) is 0. The summed E-state index contributed by atoms with van der Waals surface area (Å²) in [5, 5.41) is 18.8. The topological polar surface area (TPSA) is 103 Å². The summed E-state index contributed by atoms with van der Waals surface area (Å²) in [6.07, 6.45) is 0. The average Bonchev–Trinajstić information content (AvgIpc) is 2.96. The molecule has 0 bridgehead atoms. The van der Waals surface area contributed by atoms with Gasteiger partial charge in [0.25, 0.3) is 11.6 Å². The van der Waals surface area contributed by atoms with Gasteiger partial charge >= 0.3 is 0 Å². The van der Waals surface area contributed by atoms with Crippen LogP contribution in [-0.4, -0.2) is 57.0 Å². The minimum atomic E-state index is -0.477. The van der Waals surface area contributed by atoms with Crippen LogP contribution in [-0.2, 0) is 4.74 Å². The molecule has 0 unspecified atom stereocenters. The van der Waals surface area contributed by atoms with Crippen LogP contribution in [0.4, 0.5) is 5.69 Å². The van der Waals surface area contributed by atoms with Crippen LogP contribution < -0.4 is 0 Å². The summed E-state index contributed by atoms with van der Waals surface area (Å²) in [5.74, 6) is -0.206. The monoisotopic (exact) mass is 317 g/mol. The first kappa shape index (κ1) is 15.1. The molecule has 1 fully saturated rings. The molecule has 1 aliphatic rings. The Bertz CT molecular complexity index is 751. The van der Waals surface area contributed by atoms with E-state index < -0.39 is 4.92 Å². The Morgan fingerprint density at radius 2 is 2.09 bits per heavy atom. The quantitative estimate of drug-likeness (QED) is 0.617. The second kappa shape index (κ2) is 6.13. The lowest BCUT2D eigenvalue weighted by Crippen LogP contribution is -2.41. The number of non-ortho nitro benzene ring substituents is 1. The van der Waals surface area contributed by atoms with Crippen molar-refractivity contribution in [1.29, 1.82) is 0 Å². The third kappa shape index (κ3) is 2.90. The van der Waals surface area contributed by atoms with Crippen molar-refractivity contribution < 1.29 is 14.5 Å². The summed E-state index contributed by atoms with van der Waals surface area (Å²) >= 11 is 0. The van der Waals surface area contributed by atoms with Crippen LogP contribution in [0.3, 0.4) is 0 Å². The van der Waals surface area contributed by atoms with Crippen LogP contribution in [0.1, 0.15) is 16.2 Å². The number of rotatable bonds is 3. The summed E-state index contributed by atoms with van der Waals surface area (Å²) in [7, 11) is 0. The Morgan fingerprint density at radius 1 is 1.35 bits per heavy atom. The van der Waals surface area contributed by atoms with E-state index in [4.69, 9.17) is 4.74 Å². The van der Waals surface area contributed by atoms with E-state index in [1.807, 2.05) is 0 Å². The molecule has 2 aromatic rings. The van der Waals surface area contributed by atoms with Crippen molar-refractivity contribution in [3.8, 4) is 5.69 Å². The second-order valence-electron chi connectivity index (χ2n) is 5.12. The molecule has 2 heterocycles. The van der Waals surface area contributed by atoms with Gasteiger partial charge in [0, 0.05) is 25.2 Å². The van der Waals surface area contributed by atoms with Gasteiger partial charge in [-0.05, 0) is 13.0 Å². The van der Waals surface area contributed by atoms with Crippen LogP contribution in [0.25, 0.3) is 5.69 Å². The number of carbonyl (C=O) groups is 1. The largest absolute Gasteiger partial charge is 0.378 e. The lowest BCUT2D eigenvalue weighted by atomic mass is 10.2. The summed E-state index contributed by atoms with van der Waals surface area (Å²) in [6.45, 7) is 3.75. The Balaban J connectivity index is 1.91. The lowest BCUT2D eigenvalue weighted by molar-refractivity contribution is -0.384. The molecule has 9 heteroatoms. The van der Waals surface area contributed by atoms with Crippen LogP contribution in [0, 0.1) is 17.0 Å². The maximum atomic E-state index is 12.5. The number of nitrogens with zero attached hydrogens (tertiary/aromatic N) is 5.